The van der Waals surface area contributed by atoms with Gasteiger partial charge in [0.1, 0.15) is 17.2 Å². The molecule has 4 aliphatic carbocycles. The standard InChI is InChI=1S/C28H34O4/c29-22-8-6-18(7-9-22)4-2-1-3-5-25(30)23-13-24(27(32)14-26(23)31)28-15-19-10-20(16-28)12-21(11-19)17-28/h6-9,13-14,19-21,29,31-32H,1-5,10-12,15-17H2. The Morgan fingerprint density at radius 1 is 0.812 bits per heavy atom. The van der Waals surface area contributed by atoms with Crippen LogP contribution in [0.4, 0.5) is 0 Å². The van der Waals surface area contributed by atoms with Gasteiger partial charge in [-0.05, 0) is 105 Å². The molecular formula is C28H34O4. The molecule has 3 N–H and O–H groups in total. The van der Waals surface area contributed by atoms with Crippen molar-refractivity contribution in [1.82, 2.24) is 0 Å². The lowest BCUT2D eigenvalue weighted by Crippen LogP contribution is -2.48. The van der Waals surface area contributed by atoms with Gasteiger partial charge < -0.3 is 15.3 Å². The maximum atomic E-state index is 13.0. The summed E-state index contributed by atoms with van der Waals surface area (Å²) < 4.78 is 0. The zero-order valence-electron chi connectivity index (χ0n) is 18.7. The van der Waals surface area contributed by atoms with E-state index < -0.39 is 0 Å². The molecule has 0 atom stereocenters. The molecule has 4 nitrogen and oxygen atoms in total. The molecule has 4 bridgehead atoms. The average molecular weight is 435 g/mol. The first-order chi connectivity index (χ1) is 15.4. The van der Waals surface area contributed by atoms with Gasteiger partial charge in [0.05, 0.1) is 5.56 Å². The van der Waals surface area contributed by atoms with E-state index in [0.717, 1.165) is 68.3 Å². The van der Waals surface area contributed by atoms with E-state index in [-0.39, 0.29) is 28.4 Å². The molecule has 32 heavy (non-hydrogen) atoms. The van der Waals surface area contributed by atoms with Gasteiger partial charge in [0.25, 0.3) is 0 Å². The fourth-order valence-corrected chi connectivity index (χ4v) is 7.25. The Bertz CT molecular complexity index is 956. The number of ketones is 1. The van der Waals surface area contributed by atoms with Crippen molar-refractivity contribution in [2.75, 3.05) is 0 Å². The summed E-state index contributed by atoms with van der Waals surface area (Å²) in [6, 6.07) is 10.5. The highest BCUT2D eigenvalue weighted by Crippen LogP contribution is 2.62. The molecule has 2 aromatic carbocycles. The van der Waals surface area contributed by atoms with Gasteiger partial charge >= 0.3 is 0 Å². The normalized spacial score (nSPS) is 28.2. The van der Waals surface area contributed by atoms with E-state index in [2.05, 4.69) is 0 Å². The van der Waals surface area contributed by atoms with E-state index in [1.54, 1.807) is 12.1 Å². The molecule has 0 amide bonds. The molecule has 2 aromatic rings. The van der Waals surface area contributed by atoms with Gasteiger partial charge in [-0.3, -0.25) is 4.79 Å². The topological polar surface area (TPSA) is 77.8 Å². The zero-order valence-corrected chi connectivity index (χ0v) is 18.7. The number of carbonyl (C=O) groups excluding carboxylic acids is 1. The SMILES string of the molecule is O=C(CCCCCc1ccc(O)cc1)c1cc(C23CC4CC(CC(C4)C2)C3)c(O)cc1O. The van der Waals surface area contributed by atoms with Gasteiger partial charge in [-0.1, -0.05) is 18.6 Å². The van der Waals surface area contributed by atoms with E-state index >= 15 is 0 Å². The summed E-state index contributed by atoms with van der Waals surface area (Å²) in [6.45, 7) is 0. The number of aryl methyl sites for hydroxylation is 1. The first-order valence-electron chi connectivity index (χ1n) is 12.3. The smallest absolute Gasteiger partial charge is 0.166 e. The third kappa shape index (κ3) is 4.12. The third-order valence-corrected chi connectivity index (χ3v) is 8.33. The van der Waals surface area contributed by atoms with Crippen LogP contribution in [-0.2, 0) is 11.8 Å². The number of hydrogen-bond acceptors (Lipinski definition) is 4. The van der Waals surface area contributed by atoms with Crippen LogP contribution in [0.5, 0.6) is 17.2 Å². The predicted molar refractivity (Wildman–Crippen MR) is 124 cm³/mol. The minimum atomic E-state index is -0.0925. The Hall–Kier alpha value is -2.49. The number of aromatic hydroxyl groups is 3. The maximum Gasteiger partial charge on any atom is 0.166 e. The highest BCUT2D eigenvalue weighted by molar-refractivity contribution is 5.99. The Kier molecular flexibility index (Phi) is 5.65. The van der Waals surface area contributed by atoms with Gasteiger partial charge in [-0.15, -0.1) is 0 Å². The van der Waals surface area contributed by atoms with Crippen molar-refractivity contribution >= 4 is 5.78 Å². The Morgan fingerprint density at radius 2 is 1.44 bits per heavy atom. The van der Waals surface area contributed by atoms with Crippen molar-refractivity contribution in [2.45, 2.75) is 76.0 Å². The van der Waals surface area contributed by atoms with Gasteiger partial charge in [-0.25, -0.2) is 0 Å². The monoisotopic (exact) mass is 434 g/mol. The molecule has 170 valence electrons. The molecule has 0 aliphatic heterocycles. The molecule has 4 heteroatoms. The van der Waals surface area contributed by atoms with Crippen LogP contribution < -0.4 is 0 Å². The second-order valence-corrected chi connectivity index (χ2v) is 10.7. The van der Waals surface area contributed by atoms with E-state index in [1.807, 2.05) is 18.2 Å². The van der Waals surface area contributed by atoms with Crippen LogP contribution in [0.3, 0.4) is 0 Å². The van der Waals surface area contributed by atoms with Crippen molar-refractivity contribution < 1.29 is 20.1 Å². The quantitative estimate of drug-likeness (QED) is 0.339. The van der Waals surface area contributed by atoms with Crippen molar-refractivity contribution in [3.8, 4) is 17.2 Å². The Balaban J connectivity index is 1.23. The van der Waals surface area contributed by atoms with Gasteiger partial charge in [0.15, 0.2) is 5.78 Å². The molecule has 4 aliphatic rings. The minimum Gasteiger partial charge on any atom is -0.508 e. The van der Waals surface area contributed by atoms with E-state index in [0.29, 0.717) is 12.0 Å². The van der Waals surface area contributed by atoms with Gasteiger partial charge in [0.2, 0.25) is 0 Å². The van der Waals surface area contributed by atoms with Crippen LogP contribution in [0, 0.1) is 17.8 Å². The Labute approximate surface area is 190 Å². The number of carbonyl (C=O) groups is 1. The summed E-state index contributed by atoms with van der Waals surface area (Å²) in [4.78, 5) is 13.0. The zero-order chi connectivity index (χ0) is 22.3. The van der Waals surface area contributed by atoms with E-state index in [1.165, 1.54) is 30.9 Å². The second-order valence-electron chi connectivity index (χ2n) is 10.7. The van der Waals surface area contributed by atoms with Crippen LogP contribution in [-0.4, -0.2) is 21.1 Å². The molecule has 0 heterocycles. The van der Waals surface area contributed by atoms with Crippen molar-refractivity contribution in [1.29, 1.82) is 0 Å². The molecular weight excluding hydrogens is 400 g/mol. The summed E-state index contributed by atoms with van der Waals surface area (Å²) in [6.07, 6.45) is 11.4. The molecule has 0 saturated heterocycles. The Morgan fingerprint density at radius 3 is 2.06 bits per heavy atom. The minimum absolute atomic E-state index is 0.00825. The van der Waals surface area contributed by atoms with Crippen molar-refractivity contribution in [3.05, 3.63) is 53.1 Å². The van der Waals surface area contributed by atoms with Crippen LogP contribution in [0.25, 0.3) is 0 Å². The van der Waals surface area contributed by atoms with Crippen molar-refractivity contribution in [3.63, 3.8) is 0 Å². The van der Waals surface area contributed by atoms with Crippen LogP contribution in [0.1, 0.15) is 85.7 Å². The predicted octanol–water partition coefficient (Wildman–Crippen LogP) is 6.26. The van der Waals surface area contributed by atoms with Crippen LogP contribution in [0.15, 0.2) is 36.4 Å². The highest BCUT2D eigenvalue weighted by Gasteiger charge is 2.52. The molecule has 0 unspecified atom stereocenters. The first-order valence-corrected chi connectivity index (χ1v) is 12.3. The molecule has 4 saturated carbocycles. The molecule has 6 rings (SSSR count). The molecule has 0 aromatic heterocycles. The number of Topliss-reactive ketones (excluding diaryl/α,β-unsaturated/α-hetero) is 1. The largest absolute Gasteiger partial charge is 0.508 e. The van der Waals surface area contributed by atoms with E-state index in [9.17, 15) is 20.1 Å². The first kappa shape index (κ1) is 21.4. The van der Waals surface area contributed by atoms with Gasteiger partial charge in [0, 0.05) is 18.1 Å². The number of unbranched alkanes of at least 4 members (excludes halogenated alkanes) is 2. The fraction of sp³-hybridized carbons (Fsp3) is 0.536. The fourth-order valence-electron chi connectivity index (χ4n) is 7.25. The maximum absolute atomic E-state index is 13.0. The number of hydrogen-bond donors (Lipinski definition) is 3. The summed E-state index contributed by atoms with van der Waals surface area (Å²) in [5.74, 6) is 2.57. The summed E-state index contributed by atoms with van der Waals surface area (Å²) in [5.41, 5.74) is 2.47. The van der Waals surface area contributed by atoms with Gasteiger partial charge in [-0.2, -0.15) is 0 Å². The lowest BCUT2D eigenvalue weighted by molar-refractivity contribution is -0.00616. The van der Waals surface area contributed by atoms with E-state index in [4.69, 9.17) is 0 Å². The summed E-state index contributed by atoms with van der Waals surface area (Å²) >= 11 is 0. The highest BCUT2D eigenvalue weighted by atomic mass is 16.3. The number of rotatable bonds is 8. The summed E-state index contributed by atoms with van der Waals surface area (Å²) in [5, 5.41) is 30.5. The number of benzene rings is 2. The number of phenolic OH excluding ortho intramolecular Hbond substituents is 3. The van der Waals surface area contributed by atoms with Crippen molar-refractivity contribution in [2.24, 2.45) is 17.8 Å². The summed E-state index contributed by atoms with van der Waals surface area (Å²) in [7, 11) is 0. The molecule has 0 spiro atoms. The second kappa shape index (κ2) is 8.46. The van der Waals surface area contributed by atoms with Crippen LogP contribution >= 0.6 is 0 Å². The molecule has 4 fully saturated rings. The average Bonchev–Trinajstić information content (AvgIpc) is 2.73. The molecule has 0 radical (unpaired) electrons. The lowest BCUT2D eigenvalue weighted by Gasteiger charge is -2.57. The number of phenols is 3. The lowest BCUT2D eigenvalue weighted by atomic mass is 9.48. The van der Waals surface area contributed by atoms with Crippen LogP contribution in [0.2, 0.25) is 0 Å². The third-order valence-electron chi connectivity index (χ3n) is 8.33.